The zero-order valence-corrected chi connectivity index (χ0v) is 15.6. The van der Waals surface area contributed by atoms with E-state index in [1.165, 1.54) is 4.57 Å². The van der Waals surface area contributed by atoms with Crippen LogP contribution in [0, 0.1) is 0 Å². The third-order valence-electron chi connectivity index (χ3n) is 5.34. The third kappa shape index (κ3) is 2.77. The molecular weight excluding hydrogens is 346 g/mol. The fraction of sp³-hybridized carbons (Fsp3) is 0.368. The smallest absolute Gasteiger partial charge is 0.269 e. The SMILES string of the molecule is CC[C@@]1(C)Cc2c([nH]c3nc(NN)n(-c4ccc(OC)cc4)c(=O)c23)CO1. The van der Waals surface area contributed by atoms with Gasteiger partial charge in [-0.15, -0.1) is 0 Å². The van der Waals surface area contributed by atoms with Crippen molar-refractivity contribution in [3.63, 3.8) is 0 Å². The maximum Gasteiger partial charge on any atom is 0.269 e. The van der Waals surface area contributed by atoms with Gasteiger partial charge in [0, 0.05) is 12.1 Å². The molecule has 8 nitrogen and oxygen atoms in total. The van der Waals surface area contributed by atoms with E-state index in [9.17, 15) is 4.79 Å². The van der Waals surface area contributed by atoms with Gasteiger partial charge in [0.1, 0.15) is 11.4 Å². The molecule has 2 aromatic heterocycles. The van der Waals surface area contributed by atoms with Crippen LogP contribution in [0.5, 0.6) is 5.75 Å². The van der Waals surface area contributed by atoms with Gasteiger partial charge in [-0.1, -0.05) is 6.92 Å². The molecule has 0 saturated heterocycles. The number of fused-ring (bicyclic) bond motifs is 3. The number of hydrogen-bond acceptors (Lipinski definition) is 6. The van der Waals surface area contributed by atoms with Gasteiger partial charge in [-0.25, -0.2) is 10.4 Å². The van der Waals surface area contributed by atoms with Gasteiger partial charge in [-0.2, -0.15) is 4.98 Å². The van der Waals surface area contributed by atoms with Crippen molar-refractivity contribution >= 4 is 17.0 Å². The van der Waals surface area contributed by atoms with Crippen molar-refractivity contribution < 1.29 is 9.47 Å². The van der Waals surface area contributed by atoms with Crippen LogP contribution in [0.2, 0.25) is 0 Å². The molecule has 8 heteroatoms. The summed E-state index contributed by atoms with van der Waals surface area (Å²) >= 11 is 0. The number of nitrogen functional groups attached to an aromatic ring is 1. The average molecular weight is 369 g/mol. The number of hydrazine groups is 1. The molecule has 27 heavy (non-hydrogen) atoms. The van der Waals surface area contributed by atoms with Gasteiger partial charge in [0.15, 0.2) is 0 Å². The summed E-state index contributed by atoms with van der Waals surface area (Å²) in [6.45, 7) is 4.59. The lowest BCUT2D eigenvalue weighted by Crippen LogP contribution is -2.35. The van der Waals surface area contributed by atoms with E-state index in [0.717, 1.165) is 17.7 Å². The number of methoxy groups -OCH3 is 1. The highest BCUT2D eigenvalue weighted by Crippen LogP contribution is 2.33. The Morgan fingerprint density at radius 1 is 1.41 bits per heavy atom. The highest BCUT2D eigenvalue weighted by molar-refractivity contribution is 5.82. The standard InChI is InChI=1S/C19H23N5O3/c1-4-19(2)9-13-14(10-27-19)21-16-15(13)17(25)24(18(22-16)23-20)11-5-7-12(26-3)8-6-11/h5-8,21H,4,9-10,20H2,1-3H3,(H,22,23)/t19-/m0/s1. The summed E-state index contributed by atoms with van der Waals surface area (Å²) < 4.78 is 12.7. The molecule has 1 aliphatic rings. The Hall–Kier alpha value is -2.84. The molecule has 0 radical (unpaired) electrons. The predicted octanol–water partition coefficient (Wildman–Crippen LogP) is 2.25. The van der Waals surface area contributed by atoms with Crippen molar-refractivity contribution in [2.45, 2.75) is 38.9 Å². The topological polar surface area (TPSA) is 107 Å². The van der Waals surface area contributed by atoms with Gasteiger partial charge in [-0.3, -0.25) is 10.2 Å². The van der Waals surface area contributed by atoms with E-state index < -0.39 is 0 Å². The van der Waals surface area contributed by atoms with E-state index >= 15 is 0 Å². The first-order chi connectivity index (χ1) is 13.0. The number of nitrogens with zero attached hydrogens (tertiary/aromatic N) is 2. The van der Waals surface area contributed by atoms with E-state index in [2.05, 4.69) is 29.2 Å². The van der Waals surface area contributed by atoms with Crippen molar-refractivity contribution in [2.75, 3.05) is 12.5 Å². The number of hydrogen-bond donors (Lipinski definition) is 3. The summed E-state index contributed by atoms with van der Waals surface area (Å²) in [7, 11) is 1.60. The Morgan fingerprint density at radius 3 is 2.78 bits per heavy atom. The molecule has 0 spiro atoms. The second-order valence-corrected chi connectivity index (χ2v) is 6.99. The summed E-state index contributed by atoms with van der Waals surface area (Å²) in [6, 6.07) is 7.18. The second-order valence-electron chi connectivity index (χ2n) is 6.99. The molecular formula is C19H23N5O3. The molecule has 0 amide bonds. The summed E-state index contributed by atoms with van der Waals surface area (Å²) in [4.78, 5) is 21.2. The summed E-state index contributed by atoms with van der Waals surface area (Å²) in [5.74, 6) is 6.62. The number of rotatable bonds is 4. The number of nitrogens with two attached hydrogens (primary N) is 1. The third-order valence-corrected chi connectivity index (χ3v) is 5.34. The van der Waals surface area contributed by atoms with Crippen molar-refractivity contribution in [3.8, 4) is 11.4 Å². The van der Waals surface area contributed by atoms with Crippen LogP contribution in [-0.2, 0) is 17.8 Å². The monoisotopic (exact) mass is 369 g/mol. The summed E-state index contributed by atoms with van der Waals surface area (Å²) in [6.07, 6.45) is 1.52. The number of ether oxygens (including phenoxy) is 2. The van der Waals surface area contributed by atoms with E-state index in [-0.39, 0.29) is 17.1 Å². The Balaban J connectivity index is 1.95. The molecule has 0 aliphatic carbocycles. The first kappa shape index (κ1) is 17.6. The molecule has 0 bridgehead atoms. The van der Waals surface area contributed by atoms with Crippen molar-refractivity contribution in [3.05, 3.63) is 45.9 Å². The number of nitrogens with one attached hydrogen (secondary N) is 2. The summed E-state index contributed by atoms with van der Waals surface area (Å²) in [5.41, 5.74) is 5.13. The van der Waals surface area contributed by atoms with E-state index in [0.29, 0.717) is 35.5 Å². The number of aromatic nitrogens is 3. The molecule has 142 valence electrons. The number of anilines is 1. The highest BCUT2D eigenvalue weighted by Gasteiger charge is 2.33. The van der Waals surface area contributed by atoms with Crippen LogP contribution in [0.25, 0.3) is 16.7 Å². The predicted molar refractivity (Wildman–Crippen MR) is 103 cm³/mol. The minimum Gasteiger partial charge on any atom is -0.497 e. The minimum absolute atomic E-state index is 0.170. The second kappa shape index (κ2) is 6.40. The zero-order chi connectivity index (χ0) is 19.2. The highest BCUT2D eigenvalue weighted by atomic mass is 16.5. The van der Waals surface area contributed by atoms with Crippen molar-refractivity contribution in [2.24, 2.45) is 5.84 Å². The normalized spacial score (nSPS) is 19.1. The van der Waals surface area contributed by atoms with Crippen LogP contribution < -0.4 is 21.6 Å². The molecule has 1 aromatic carbocycles. The van der Waals surface area contributed by atoms with Crippen LogP contribution in [0.15, 0.2) is 29.1 Å². The first-order valence-corrected chi connectivity index (χ1v) is 8.91. The minimum atomic E-state index is -0.287. The van der Waals surface area contributed by atoms with Crippen LogP contribution in [0.3, 0.4) is 0 Å². The molecule has 1 atom stereocenters. The van der Waals surface area contributed by atoms with Gasteiger partial charge >= 0.3 is 0 Å². The van der Waals surface area contributed by atoms with Crippen LogP contribution in [0.1, 0.15) is 31.5 Å². The van der Waals surface area contributed by atoms with Crippen LogP contribution >= 0.6 is 0 Å². The number of aromatic amines is 1. The van der Waals surface area contributed by atoms with Gasteiger partial charge in [-0.05, 0) is 43.2 Å². The Labute approximate surface area is 156 Å². The lowest BCUT2D eigenvalue weighted by atomic mass is 9.90. The summed E-state index contributed by atoms with van der Waals surface area (Å²) in [5, 5.41) is 0.586. The largest absolute Gasteiger partial charge is 0.497 e. The molecule has 4 N–H and O–H groups in total. The Morgan fingerprint density at radius 2 is 2.15 bits per heavy atom. The van der Waals surface area contributed by atoms with Gasteiger partial charge in [0.2, 0.25) is 5.95 Å². The fourth-order valence-electron chi connectivity index (χ4n) is 3.54. The average Bonchev–Trinajstić information content (AvgIpc) is 3.05. The van der Waals surface area contributed by atoms with Gasteiger partial charge in [0.05, 0.1) is 30.4 Å². The van der Waals surface area contributed by atoms with E-state index in [1.54, 1.807) is 31.4 Å². The lowest BCUT2D eigenvalue weighted by Gasteiger charge is -2.32. The fourth-order valence-corrected chi connectivity index (χ4v) is 3.54. The maximum absolute atomic E-state index is 13.4. The Kier molecular flexibility index (Phi) is 4.16. The zero-order valence-electron chi connectivity index (χ0n) is 15.6. The Bertz CT molecular complexity index is 1050. The number of H-pyrrole nitrogens is 1. The molecule has 0 saturated carbocycles. The first-order valence-electron chi connectivity index (χ1n) is 8.91. The van der Waals surface area contributed by atoms with Crippen molar-refractivity contribution in [1.29, 1.82) is 0 Å². The molecule has 3 aromatic rings. The van der Waals surface area contributed by atoms with Gasteiger partial charge in [0.25, 0.3) is 5.56 Å². The quantitative estimate of drug-likeness (QED) is 0.481. The van der Waals surface area contributed by atoms with E-state index in [1.807, 2.05) is 0 Å². The molecule has 0 fully saturated rings. The molecule has 0 unspecified atom stereocenters. The molecule has 1 aliphatic heterocycles. The molecule has 4 rings (SSSR count). The maximum atomic E-state index is 13.4. The molecule has 3 heterocycles. The lowest BCUT2D eigenvalue weighted by molar-refractivity contribution is -0.0572. The van der Waals surface area contributed by atoms with Crippen LogP contribution in [0.4, 0.5) is 5.95 Å². The van der Waals surface area contributed by atoms with Crippen LogP contribution in [-0.4, -0.2) is 27.2 Å². The number of benzene rings is 1. The van der Waals surface area contributed by atoms with E-state index in [4.69, 9.17) is 15.3 Å². The van der Waals surface area contributed by atoms with Gasteiger partial charge < -0.3 is 14.5 Å². The van der Waals surface area contributed by atoms with Crippen molar-refractivity contribution in [1.82, 2.24) is 14.5 Å².